The van der Waals surface area contributed by atoms with Crippen molar-refractivity contribution in [3.05, 3.63) is 35.9 Å². The highest BCUT2D eigenvalue weighted by Crippen LogP contribution is 2.03. The molecule has 0 heterocycles. The third-order valence-corrected chi connectivity index (χ3v) is 5.38. The molecule has 38 heavy (non-hydrogen) atoms. The number of primary amides is 1. The molecule has 0 aliphatic carbocycles. The van der Waals surface area contributed by atoms with Crippen LogP contribution in [0.2, 0.25) is 0 Å². The highest BCUT2D eigenvalue weighted by Gasteiger charge is 2.25. The summed E-state index contributed by atoms with van der Waals surface area (Å²) in [6, 6.07) is 5.80. The van der Waals surface area contributed by atoms with Crippen LogP contribution >= 0.6 is 12.6 Å². The maximum atomic E-state index is 12.8. The first-order chi connectivity index (χ1) is 18.0. The summed E-state index contributed by atoms with van der Waals surface area (Å²) >= 11 is 3.96. The number of hydrogen-bond acceptors (Lipinski definition) is 8. The molecule has 0 aliphatic heterocycles. The minimum atomic E-state index is -1.12. The minimum Gasteiger partial charge on any atom is -0.370 e. The van der Waals surface area contributed by atoms with Crippen LogP contribution < -0.4 is 44.2 Å². The van der Waals surface area contributed by atoms with Gasteiger partial charge in [-0.05, 0) is 24.2 Å². The zero-order chi connectivity index (χ0) is 28.5. The van der Waals surface area contributed by atoms with Crippen molar-refractivity contribution in [2.24, 2.45) is 27.9 Å². The summed E-state index contributed by atoms with van der Waals surface area (Å²) in [6.45, 7) is -0.406. The van der Waals surface area contributed by atoms with Crippen LogP contribution in [0.3, 0.4) is 0 Å². The van der Waals surface area contributed by atoms with Crippen molar-refractivity contribution in [2.45, 2.75) is 43.8 Å². The summed E-state index contributed by atoms with van der Waals surface area (Å²) in [5.41, 5.74) is 22.6. The van der Waals surface area contributed by atoms with Crippen molar-refractivity contribution in [1.82, 2.24) is 21.3 Å². The van der Waals surface area contributed by atoms with Crippen molar-refractivity contribution >= 4 is 48.1 Å². The van der Waals surface area contributed by atoms with E-state index in [1.807, 2.05) is 6.07 Å². The molecule has 0 radical (unpaired) electrons. The van der Waals surface area contributed by atoms with Crippen LogP contribution in [0.4, 0.5) is 0 Å². The fourth-order valence-electron chi connectivity index (χ4n) is 3.17. The number of amides is 5. The van der Waals surface area contributed by atoms with Gasteiger partial charge in [0.1, 0.15) is 18.1 Å². The van der Waals surface area contributed by atoms with E-state index in [2.05, 4.69) is 38.9 Å². The summed E-state index contributed by atoms with van der Waals surface area (Å²) in [4.78, 5) is 64.9. The van der Waals surface area contributed by atoms with Gasteiger partial charge >= 0.3 is 0 Å². The molecule has 0 fully saturated rings. The molecule has 0 saturated heterocycles. The highest BCUT2D eigenvalue weighted by atomic mass is 32.1. The second kappa shape index (κ2) is 17.6. The highest BCUT2D eigenvalue weighted by molar-refractivity contribution is 7.80. The zero-order valence-corrected chi connectivity index (χ0v) is 21.9. The summed E-state index contributed by atoms with van der Waals surface area (Å²) in [5.74, 6) is -2.82. The zero-order valence-electron chi connectivity index (χ0n) is 21.0. The SMILES string of the molecule is NC(=O)[C@@H](Cc1ccccc1)NC(=O)CNC(=O)[C@@H](CCCN=C(N)N)NC(=O)[C@@H](N)CNC(=O)CCS. The lowest BCUT2D eigenvalue weighted by molar-refractivity contribution is -0.131. The van der Waals surface area contributed by atoms with Gasteiger partial charge in [-0.2, -0.15) is 12.6 Å². The number of hydrogen-bond donors (Lipinski definition) is 9. The van der Waals surface area contributed by atoms with E-state index in [1.54, 1.807) is 24.3 Å². The molecule has 0 bridgehead atoms. The standard InChI is InChI=1S/C23H37N9O5S/c24-15(12-29-18(33)8-10-38)21(36)32-16(7-4-9-28-23(26)27)22(37)30-13-19(34)31-17(20(25)35)11-14-5-2-1-3-6-14/h1-3,5-6,15-17,38H,4,7-13,24H2,(H2,25,35)(H,29,33)(H,30,37)(H,31,34)(H,32,36)(H4,26,27,28)/t15-,16+,17+/m0/s1. The van der Waals surface area contributed by atoms with E-state index >= 15 is 0 Å². The third kappa shape index (κ3) is 13.5. The average Bonchev–Trinajstić information content (AvgIpc) is 2.87. The van der Waals surface area contributed by atoms with E-state index in [4.69, 9.17) is 22.9 Å². The monoisotopic (exact) mass is 551 g/mol. The number of benzene rings is 1. The average molecular weight is 552 g/mol. The topological polar surface area (TPSA) is 250 Å². The second-order valence-corrected chi connectivity index (χ2v) is 8.77. The Morgan fingerprint density at radius 1 is 0.895 bits per heavy atom. The fourth-order valence-corrected chi connectivity index (χ4v) is 3.37. The molecule has 1 aromatic carbocycles. The number of guanidine groups is 1. The summed E-state index contributed by atoms with van der Waals surface area (Å²) in [7, 11) is 0. The maximum Gasteiger partial charge on any atom is 0.243 e. The molecule has 14 nitrogen and oxygen atoms in total. The van der Waals surface area contributed by atoms with E-state index < -0.39 is 48.3 Å². The van der Waals surface area contributed by atoms with Crippen LogP contribution in [-0.2, 0) is 30.4 Å². The molecule has 1 aromatic rings. The van der Waals surface area contributed by atoms with Gasteiger partial charge in [-0.25, -0.2) is 0 Å². The smallest absolute Gasteiger partial charge is 0.243 e. The van der Waals surface area contributed by atoms with Gasteiger partial charge in [0.25, 0.3) is 0 Å². The van der Waals surface area contributed by atoms with E-state index in [0.717, 1.165) is 5.56 Å². The molecule has 0 aromatic heterocycles. The molecule has 210 valence electrons. The van der Waals surface area contributed by atoms with Crippen LogP contribution in [0.25, 0.3) is 0 Å². The number of nitrogens with two attached hydrogens (primary N) is 4. The normalized spacial score (nSPS) is 12.8. The first-order valence-electron chi connectivity index (χ1n) is 11.9. The summed E-state index contributed by atoms with van der Waals surface area (Å²) < 4.78 is 0. The van der Waals surface area contributed by atoms with E-state index in [9.17, 15) is 24.0 Å². The Balaban J connectivity index is 2.72. The molecular weight excluding hydrogens is 514 g/mol. The number of carbonyl (C=O) groups is 5. The number of thiol groups is 1. The number of rotatable bonds is 17. The third-order valence-electron chi connectivity index (χ3n) is 5.16. The van der Waals surface area contributed by atoms with Crippen LogP contribution in [-0.4, -0.2) is 79.0 Å². The Kier molecular flexibility index (Phi) is 14.9. The van der Waals surface area contributed by atoms with Gasteiger partial charge in [-0.15, -0.1) is 0 Å². The lowest BCUT2D eigenvalue weighted by atomic mass is 10.1. The number of nitrogens with zero attached hydrogens (tertiary/aromatic N) is 1. The molecule has 0 saturated carbocycles. The molecular formula is C23H37N9O5S. The van der Waals surface area contributed by atoms with Gasteiger partial charge in [-0.3, -0.25) is 29.0 Å². The van der Waals surface area contributed by atoms with Gasteiger partial charge in [-0.1, -0.05) is 30.3 Å². The Bertz CT molecular complexity index is 973. The Labute approximate surface area is 226 Å². The van der Waals surface area contributed by atoms with E-state index in [-0.39, 0.29) is 44.2 Å². The quantitative estimate of drug-likeness (QED) is 0.0408. The Morgan fingerprint density at radius 3 is 2.18 bits per heavy atom. The molecule has 0 unspecified atom stereocenters. The van der Waals surface area contributed by atoms with Crippen LogP contribution in [0.15, 0.2) is 35.3 Å². The number of carbonyl (C=O) groups excluding carboxylic acids is 5. The lowest BCUT2D eigenvalue weighted by Crippen LogP contribution is -2.55. The fraction of sp³-hybridized carbons (Fsp3) is 0.478. The van der Waals surface area contributed by atoms with Gasteiger partial charge in [0.05, 0.1) is 6.54 Å². The van der Waals surface area contributed by atoms with Crippen molar-refractivity contribution in [3.63, 3.8) is 0 Å². The first-order valence-corrected chi connectivity index (χ1v) is 12.6. The van der Waals surface area contributed by atoms with Crippen molar-refractivity contribution in [3.8, 4) is 0 Å². The van der Waals surface area contributed by atoms with E-state index in [0.29, 0.717) is 12.2 Å². The van der Waals surface area contributed by atoms with Crippen molar-refractivity contribution in [2.75, 3.05) is 25.4 Å². The lowest BCUT2D eigenvalue weighted by Gasteiger charge is -2.21. The number of aliphatic imine (C=N–C) groups is 1. The molecule has 0 spiro atoms. The summed E-state index contributed by atoms with van der Waals surface area (Å²) in [6.07, 6.45) is 0.808. The molecule has 1 rings (SSSR count). The largest absolute Gasteiger partial charge is 0.370 e. The molecule has 0 aliphatic rings. The van der Waals surface area contributed by atoms with E-state index in [1.165, 1.54) is 0 Å². The van der Waals surface area contributed by atoms with Crippen LogP contribution in [0.1, 0.15) is 24.8 Å². The summed E-state index contributed by atoms with van der Waals surface area (Å²) in [5, 5.41) is 9.95. The van der Waals surface area contributed by atoms with Crippen LogP contribution in [0, 0.1) is 0 Å². The Hall–Kier alpha value is -3.85. The molecule has 3 atom stereocenters. The minimum absolute atomic E-state index is 0.120. The molecule has 5 amide bonds. The number of nitrogens with one attached hydrogen (secondary N) is 4. The van der Waals surface area contributed by atoms with Gasteiger partial charge < -0.3 is 44.2 Å². The second-order valence-electron chi connectivity index (χ2n) is 8.32. The molecule has 12 N–H and O–H groups in total. The first kappa shape index (κ1) is 32.2. The van der Waals surface area contributed by atoms with Gasteiger partial charge in [0.15, 0.2) is 5.96 Å². The van der Waals surface area contributed by atoms with Crippen molar-refractivity contribution < 1.29 is 24.0 Å². The van der Waals surface area contributed by atoms with Crippen molar-refractivity contribution in [1.29, 1.82) is 0 Å². The predicted octanol–water partition coefficient (Wildman–Crippen LogP) is -3.38. The molecule has 15 heteroatoms. The maximum absolute atomic E-state index is 12.8. The Morgan fingerprint density at radius 2 is 1.58 bits per heavy atom. The van der Waals surface area contributed by atoms with Gasteiger partial charge in [0.2, 0.25) is 29.5 Å². The van der Waals surface area contributed by atoms with Gasteiger partial charge in [0, 0.05) is 25.9 Å². The van der Waals surface area contributed by atoms with Crippen LogP contribution in [0.5, 0.6) is 0 Å². The predicted molar refractivity (Wildman–Crippen MR) is 146 cm³/mol.